The number of fused-ring (bicyclic) bond motifs is 1. The van der Waals surface area contributed by atoms with Crippen LogP contribution >= 0.6 is 0 Å². The predicted molar refractivity (Wildman–Crippen MR) is 100 cm³/mol. The van der Waals surface area contributed by atoms with Crippen LogP contribution in [0.15, 0.2) is 36.4 Å². The van der Waals surface area contributed by atoms with Crippen molar-refractivity contribution in [3.8, 4) is 5.75 Å². The normalized spacial score (nSPS) is 33.5. The van der Waals surface area contributed by atoms with Crippen molar-refractivity contribution in [1.82, 2.24) is 0 Å². The number of benzene rings is 1. The molecule has 1 aromatic rings. The summed E-state index contributed by atoms with van der Waals surface area (Å²) >= 11 is 0. The number of carbonyl (C=O) groups excluding carboxylic acids is 1. The lowest BCUT2D eigenvalue weighted by Gasteiger charge is -2.37. The number of hydrogen-bond donors (Lipinski definition) is 0. The van der Waals surface area contributed by atoms with Crippen molar-refractivity contribution in [1.29, 1.82) is 0 Å². The number of hydrogen-bond acceptors (Lipinski definition) is 8. The van der Waals surface area contributed by atoms with E-state index in [9.17, 15) is 4.79 Å². The van der Waals surface area contributed by atoms with Gasteiger partial charge in [-0.25, -0.2) is 0 Å². The second-order valence-corrected chi connectivity index (χ2v) is 7.60. The molecule has 2 saturated heterocycles. The van der Waals surface area contributed by atoms with E-state index in [1.807, 2.05) is 38.1 Å². The highest BCUT2D eigenvalue weighted by Crippen LogP contribution is 2.37. The lowest BCUT2D eigenvalue weighted by atomic mass is 10.1. The molecule has 0 radical (unpaired) electrons. The van der Waals surface area contributed by atoms with Crippen LogP contribution in [0.25, 0.3) is 0 Å². The molecule has 0 N–H and O–H groups in total. The Hall–Kier alpha value is -1.81. The van der Waals surface area contributed by atoms with Crippen LogP contribution in [0, 0.1) is 0 Å². The fourth-order valence-electron chi connectivity index (χ4n) is 3.57. The summed E-state index contributed by atoms with van der Waals surface area (Å²) in [5, 5.41) is 0. The van der Waals surface area contributed by atoms with Crippen molar-refractivity contribution in [3.63, 3.8) is 0 Å². The highest BCUT2D eigenvalue weighted by Gasteiger charge is 2.53. The van der Waals surface area contributed by atoms with Crippen LogP contribution in [-0.4, -0.2) is 62.8 Å². The first-order chi connectivity index (χ1) is 13.9. The number of ketones is 1. The summed E-state index contributed by atoms with van der Waals surface area (Å²) in [4.78, 5) is 11.3. The number of methoxy groups -OCH3 is 1. The molecule has 3 heterocycles. The lowest BCUT2D eigenvalue weighted by molar-refractivity contribution is -0.273. The molecule has 158 valence electrons. The molecule has 5 atom stereocenters. The monoisotopic (exact) mass is 406 g/mol. The van der Waals surface area contributed by atoms with Gasteiger partial charge in [0.2, 0.25) is 0 Å². The summed E-state index contributed by atoms with van der Waals surface area (Å²) in [5.74, 6) is -0.0835. The zero-order valence-electron chi connectivity index (χ0n) is 16.7. The van der Waals surface area contributed by atoms with Gasteiger partial charge in [0, 0.05) is 0 Å². The maximum atomic E-state index is 11.3. The average molecular weight is 406 g/mol. The Bertz CT molecular complexity index is 744. The van der Waals surface area contributed by atoms with Gasteiger partial charge in [0.05, 0.1) is 20.3 Å². The van der Waals surface area contributed by atoms with Gasteiger partial charge in [0.25, 0.3) is 0 Å². The van der Waals surface area contributed by atoms with Crippen molar-refractivity contribution in [2.75, 3.05) is 20.3 Å². The minimum atomic E-state index is -0.786. The second kappa shape index (κ2) is 8.51. The fourth-order valence-corrected chi connectivity index (χ4v) is 3.57. The Balaban J connectivity index is 1.39. The topological polar surface area (TPSA) is 81.7 Å². The molecule has 0 bridgehead atoms. The SMILES string of the molecule is COc1ccc(CO[C@H]2OC[C@H](O[C@@H]3C=CC(=O)CO3)[C@@H]3OC(C)(C)O[C@H]23)cc1. The van der Waals surface area contributed by atoms with Crippen LogP contribution in [0.4, 0.5) is 0 Å². The highest BCUT2D eigenvalue weighted by molar-refractivity contribution is 5.91. The first kappa shape index (κ1) is 20.5. The number of carbonyl (C=O) groups is 1. The Morgan fingerprint density at radius 3 is 2.55 bits per heavy atom. The van der Waals surface area contributed by atoms with Gasteiger partial charge >= 0.3 is 0 Å². The van der Waals surface area contributed by atoms with E-state index in [2.05, 4.69) is 0 Å². The van der Waals surface area contributed by atoms with Crippen molar-refractivity contribution in [3.05, 3.63) is 42.0 Å². The Morgan fingerprint density at radius 1 is 1.10 bits per heavy atom. The molecule has 3 aliphatic heterocycles. The summed E-state index contributed by atoms with van der Waals surface area (Å²) in [6.07, 6.45) is 0.607. The Kier molecular flexibility index (Phi) is 6.00. The standard InChI is InChI=1S/C21H26O8/c1-21(2)28-18-16(27-17-9-6-14(22)11-24-17)12-26-20(19(18)29-21)25-10-13-4-7-15(23-3)8-5-13/h4-9,16-20H,10-12H2,1-3H3/t16-,17+,18-,19-,20-/m0/s1. The first-order valence-corrected chi connectivity index (χ1v) is 9.63. The van der Waals surface area contributed by atoms with Gasteiger partial charge in [-0.1, -0.05) is 12.1 Å². The van der Waals surface area contributed by atoms with E-state index in [0.29, 0.717) is 6.61 Å². The van der Waals surface area contributed by atoms with Gasteiger partial charge in [-0.2, -0.15) is 0 Å². The van der Waals surface area contributed by atoms with Gasteiger partial charge in [0.15, 0.2) is 24.2 Å². The van der Waals surface area contributed by atoms with Crippen molar-refractivity contribution in [2.24, 2.45) is 0 Å². The fraction of sp³-hybridized carbons (Fsp3) is 0.571. The minimum absolute atomic E-state index is 0.000708. The molecule has 4 rings (SSSR count). The molecule has 0 aliphatic carbocycles. The molecular weight excluding hydrogens is 380 g/mol. The average Bonchev–Trinajstić information content (AvgIpc) is 3.05. The van der Waals surface area contributed by atoms with Crippen LogP contribution in [-0.2, 0) is 39.8 Å². The van der Waals surface area contributed by atoms with E-state index in [-0.39, 0.29) is 25.1 Å². The molecule has 0 aromatic heterocycles. The maximum Gasteiger partial charge on any atom is 0.187 e. The van der Waals surface area contributed by atoms with E-state index in [1.165, 1.54) is 6.08 Å². The smallest absolute Gasteiger partial charge is 0.187 e. The van der Waals surface area contributed by atoms with Crippen LogP contribution in [0.2, 0.25) is 0 Å². The predicted octanol–water partition coefficient (Wildman–Crippen LogP) is 1.95. The van der Waals surface area contributed by atoms with Crippen LogP contribution in [0.1, 0.15) is 19.4 Å². The lowest BCUT2D eigenvalue weighted by Crippen LogP contribution is -2.54. The highest BCUT2D eigenvalue weighted by atomic mass is 16.8. The van der Waals surface area contributed by atoms with E-state index >= 15 is 0 Å². The molecular formula is C21H26O8. The van der Waals surface area contributed by atoms with Crippen molar-refractivity contribution in [2.45, 2.75) is 57.1 Å². The third-order valence-corrected chi connectivity index (χ3v) is 4.93. The van der Waals surface area contributed by atoms with E-state index < -0.39 is 30.6 Å². The zero-order valence-corrected chi connectivity index (χ0v) is 16.7. The zero-order chi connectivity index (χ0) is 20.4. The first-order valence-electron chi connectivity index (χ1n) is 9.63. The molecule has 0 saturated carbocycles. The summed E-state index contributed by atoms with van der Waals surface area (Å²) in [7, 11) is 1.63. The Morgan fingerprint density at radius 2 is 1.86 bits per heavy atom. The molecule has 29 heavy (non-hydrogen) atoms. The third kappa shape index (κ3) is 4.85. The summed E-state index contributed by atoms with van der Waals surface area (Å²) in [6.45, 7) is 4.32. The van der Waals surface area contributed by atoms with Gasteiger partial charge < -0.3 is 33.2 Å². The number of rotatable bonds is 6. The summed E-state index contributed by atoms with van der Waals surface area (Å²) in [6, 6.07) is 7.64. The Labute approximate surface area is 169 Å². The van der Waals surface area contributed by atoms with Gasteiger partial charge in [-0.05, 0) is 43.7 Å². The van der Waals surface area contributed by atoms with E-state index in [0.717, 1.165) is 11.3 Å². The quantitative estimate of drug-likeness (QED) is 0.709. The third-order valence-electron chi connectivity index (χ3n) is 4.93. The molecule has 0 spiro atoms. The number of ether oxygens (including phenoxy) is 7. The van der Waals surface area contributed by atoms with Crippen LogP contribution < -0.4 is 4.74 Å². The molecule has 0 unspecified atom stereocenters. The molecule has 3 aliphatic rings. The van der Waals surface area contributed by atoms with Gasteiger partial charge in [-0.3, -0.25) is 4.79 Å². The minimum Gasteiger partial charge on any atom is -0.497 e. The van der Waals surface area contributed by atoms with E-state index in [4.69, 9.17) is 33.2 Å². The van der Waals surface area contributed by atoms with Crippen LogP contribution in [0.5, 0.6) is 5.75 Å². The summed E-state index contributed by atoms with van der Waals surface area (Å²) < 4.78 is 40.5. The van der Waals surface area contributed by atoms with Crippen molar-refractivity contribution < 1.29 is 38.0 Å². The second-order valence-electron chi connectivity index (χ2n) is 7.60. The molecule has 0 amide bonds. The van der Waals surface area contributed by atoms with Gasteiger partial charge in [0.1, 0.15) is 30.7 Å². The molecule has 1 aromatic carbocycles. The largest absolute Gasteiger partial charge is 0.497 e. The maximum absolute atomic E-state index is 11.3. The van der Waals surface area contributed by atoms with Crippen molar-refractivity contribution >= 4 is 5.78 Å². The van der Waals surface area contributed by atoms with Gasteiger partial charge in [-0.15, -0.1) is 0 Å². The van der Waals surface area contributed by atoms with E-state index in [1.54, 1.807) is 13.2 Å². The molecule has 8 heteroatoms. The van der Waals surface area contributed by atoms with Crippen LogP contribution in [0.3, 0.4) is 0 Å². The molecule has 2 fully saturated rings. The molecule has 8 nitrogen and oxygen atoms in total. The summed E-state index contributed by atoms with van der Waals surface area (Å²) in [5.41, 5.74) is 0.993.